The van der Waals surface area contributed by atoms with Crippen molar-refractivity contribution in [2.45, 2.75) is 19.4 Å². The van der Waals surface area contributed by atoms with Crippen LogP contribution < -0.4 is 5.32 Å². The maximum Gasteiger partial charge on any atom is 0.335 e. The lowest BCUT2D eigenvalue weighted by Crippen LogP contribution is -2.44. The lowest BCUT2D eigenvalue weighted by Gasteiger charge is -2.32. The van der Waals surface area contributed by atoms with Gasteiger partial charge in [0, 0.05) is 18.3 Å². The normalized spacial score (nSPS) is 11.6. The fraction of sp³-hybridized carbons (Fsp3) is 0.500. The van der Waals surface area contributed by atoms with Gasteiger partial charge in [0.05, 0.1) is 5.56 Å². The Balaban J connectivity index is 2.70. The molecule has 0 atom stereocenters. The van der Waals surface area contributed by atoms with Gasteiger partial charge in [-0.3, -0.25) is 0 Å². The Kier molecular flexibility index (Phi) is 4.07. The van der Waals surface area contributed by atoms with Crippen LogP contribution in [0.3, 0.4) is 0 Å². The van der Waals surface area contributed by atoms with Crippen molar-refractivity contribution < 1.29 is 9.90 Å². The lowest BCUT2D eigenvalue weighted by molar-refractivity contribution is 0.0697. The third-order valence-electron chi connectivity index (χ3n) is 2.92. The topological polar surface area (TPSA) is 65.5 Å². The van der Waals surface area contributed by atoms with Gasteiger partial charge in [-0.15, -0.1) is 0 Å². The van der Waals surface area contributed by atoms with Crippen LogP contribution in [0.15, 0.2) is 18.3 Å². The minimum atomic E-state index is -0.942. The minimum absolute atomic E-state index is 0.0269. The second-order valence-electron chi connectivity index (χ2n) is 4.80. The van der Waals surface area contributed by atoms with Gasteiger partial charge in [0.15, 0.2) is 0 Å². The summed E-state index contributed by atoms with van der Waals surface area (Å²) < 4.78 is 0. The summed E-state index contributed by atoms with van der Waals surface area (Å²) in [6.07, 6.45) is 1.49. The molecule has 0 unspecified atom stereocenters. The van der Waals surface area contributed by atoms with Gasteiger partial charge in [-0.05, 0) is 40.1 Å². The molecule has 94 valence electrons. The van der Waals surface area contributed by atoms with E-state index in [1.807, 2.05) is 14.1 Å². The standard InChI is InChI=1S/C12H19N3O2/c1-12(2,15(3)4)8-14-10-7-9(11(16)17)5-6-13-10/h5-7H,8H2,1-4H3,(H,13,14)(H,16,17). The van der Waals surface area contributed by atoms with Crippen molar-refractivity contribution in [3.63, 3.8) is 0 Å². The molecule has 0 aromatic carbocycles. The van der Waals surface area contributed by atoms with E-state index in [1.54, 1.807) is 0 Å². The molecule has 0 aliphatic rings. The van der Waals surface area contributed by atoms with Gasteiger partial charge in [-0.1, -0.05) is 0 Å². The van der Waals surface area contributed by atoms with E-state index >= 15 is 0 Å². The first-order chi connectivity index (χ1) is 7.83. The summed E-state index contributed by atoms with van der Waals surface area (Å²) in [6.45, 7) is 4.89. The summed E-state index contributed by atoms with van der Waals surface area (Å²) in [7, 11) is 4.01. The first-order valence-electron chi connectivity index (χ1n) is 5.43. The predicted octanol–water partition coefficient (Wildman–Crippen LogP) is 1.53. The van der Waals surface area contributed by atoms with Crippen LogP contribution in [-0.4, -0.2) is 47.1 Å². The van der Waals surface area contributed by atoms with E-state index in [-0.39, 0.29) is 11.1 Å². The Bertz CT molecular complexity index is 402. The molecule has 0 radical (unpaired) electrons. The highest BCUT2D eigenvalue weighted by atomic mass is 16.4. The fourth-order valence-electron chi connectivity index (χ4n) is 1.13. The number of carboxylic acid groups (broad SMARTS) is 1. The van der Waals surface area contributed by atoms with Gasteiger partial charge in [0.25, 0.3) is 0 Å². The zero-order chi connectivity index (χ0) is 13.1. The number of nitrogens with zero attached hydrogens (tertiary/aromatic N) is 2. The molecular weight excluding hydrogens is 218 g/mol. The lowest BCUT2D eigenvalue weighted by atomic mass is 10.0. The van der Waals surface area contributed by atoms with Crippen LogP contribution in [0.4, 0.5) is 5.82 Å². The van der Waals surface area contributed by atoms with E-state index in [1.165, 1.54) is 18.3 Å². The van der Waals surface area contributed by atoms with Crippen LogP contribution in [-0.2, 0) is 0 Å². The van der Waals surface area contributed by atoms with E-state index in [0.29, 0.717) is 12.4 Å². The van der Waals surface area contributed by atoms with Gasteiger partial charge in [0.1, 0.15) is 5.82 Å². The molecule has 17 heavy (non-hydrogen) atoms. The SMILES string of the molecule is CN(C)C(C)(C)CNc1cc(C(=O)O)ccn1. The van der Waals surface area contributed by atoms with Crippen LogP contribution in [0.1, 0.15) is 24.2 Å². The third-order valence-corrected chi connectivity index (χ3v) is 2.92. The average molecular weight is 237 g/mol. The summed E-state index contributed by atoms with van der Waals surface area (Å²) in [5.74, 6) is -0.359. The quantitative estimate of drug-likeness (QED) is 0.813. The van der Waals surface area contributed by atoms with Crippen LogP contribution in [0.2, 0.25) is 0 Å². The van der Waals surface area contributed by atoms with E-state index in [4.69, 9.17) is 5.11 Å². The number of nitrogens with one attached hydrogen (secondary N) is 1. The van der Waals surface area contributed by atoms with E-state index < -0.39 is 5.97 Å². The van der Waals surface area contributed by atoms with Gasteiger partial charge >= 0.3 is 5.97 Å². The highest BCUT2D eigenvalue weighted by Gasteiger charge is 2.20. The molecule has 0 saturated heterocycles. The van der Waals surface area contributed by atoms with E-state index in [9.17, 15) is 4.79 Å². The molecule has 0 bridgehead atoms. The second-order valence-corrected chi connectivity index (χ2v) is 4.80. The molecule has 5 nitrogen and oxygen atoms in total. The molecule has 1 rings (SSSR count). The number of rotatable bonds is 5. The first kappa shape index (κ1) is 13.4. The predicted molar refractivity (Wildman–Crippen MR) is 67.5 cm³/mol. The van der Waals surface area contributed by atoms with Crippen LogP contribution in [0.5, 0.6) is 0 Å². The maximum atomic E-state index is 10.8. The van der Waals surface area contributed by atoms with Crippen molar-refractivity contribution in [3.8, 4) is 0 Å². The number of pyridine rings is 1. The monoisotopic (exact) mass is 237 g/mol. The van der Waals surface area contributed by atoms with Crippen molar-refractivity contribution in [2.75, 3.05) is 26.0 Å². The number of hydrogen-bond acceptors (Lipinski definition) is 4. The molecule has 0 fully saturated rings. The number of hydrogen-bond donors (Lipinski definition) is 2. The zero-order valence-electron chi connectivity index (χ0n) is 10.7. The van der Waals surface area contributed by atoms with Gasteiger partial charge in [0.2, 0.25) is 0 Å². The number of carbonyl (C=O) groups is 1. The van der Waals surface area contributed by atoms with Crippen molar-refractivity contribution >= 4 is 11.8 Å². The fourth-order valence-corrected chi connectivity index (χ4v) is 1.13. The summed E-state index contributed by atoms with van der Waals surface area (Å²) in [5.41, 5.74) is 0.214. The van der Waals surface area contributed by atoms with E-state index in [0.717, 1.165) is 0 Å². The molecule has 0 amide bonds. The second kappa shape index (κ2) is 5.14. The molecule has 5 heteroatoms. The van der Waals surface area contributed by atoms with Crippen molar-refractivity contribution in [1.29, 1.82) is 0 Å². The van der Waals surface area contributed by atoms with Crippen LogP contribution in [0, 0.1) is 0 Å². The highest BCUT2D eigenvalue weighted by molar-refractivity contribution is 5.88. The number of anilines is 1. The number of aromatic nitrogens is 1. The zero-order valence-corrected chi connectivity index (χ0v) is 10.7. The van der Waals surface area contributed by atoms with Gasteiger partial charge in [-0.2, -0.15) is 0 Å². The molecule has 0 spiro atoms. The molecule has 0 aliphatic heterocycles. The molecular formula is C12H19N3O2. The summed E-state index contributed by atoms with van der Waals surface area (Å²) in [6, 6.07) is 3.01. The maximum absolute atomic E-state index is 10.8. The summed E-state index contributed by atoms with van der Waals surface area (Å²) >= 11 is 0. The molecule has 1 aromatic heterocycles. The Morgan fingerprint density at radius 3 is 2.71 bits per heavy atom. The number of carboxylic acids is 1. The number of aromatic carboxylic acids is 1. The molecule has 2 N–H and O–H groups in total. The molecule has 1 aromatic rings. The Morgan fingerprint density at radius 1 is 1.53 bits per heavy atom. The van der Waals surface area contributed by atoms with Crippen molar-refractivity contribution in [2.24, 2.45) is 0 Å². The molecule has 0 aliphatic carbocycles. The average Bonchev–Trinajstić information content (AvgIpc) is 2.26. The highest BCUT2D eigenvalue weighted by Crippen LogP contribution is 2.12. The Labute approximate surface area is 101 Å². The van der Waals surface area contributed by atoms with Gasteiger partial charge in [-0.25, -0.2) is 9.78 Å². The molecule has 1 heterocycles. The van der Waals surface area contributed by atoms with E-state index in [2.05, 4.69) is 29.0 Å². The third kappa shape index (κ3) is 3.71. The number of likely N-dealkylation sites (N-methyl/N-ethyl adjacent to an activating group) is 1. The van der Waals surface area contributed by atoms with Crippen molar-refractivity contribution in [1.82, 2.24) is 9.88 Å². The minimum Gasteiger partial charge on any atom is -0.478 e. The summed E-state index contributed by atoms with van der Waals surface area (Å²) in [4.78, 5) is 17.0. The van der Waals surface area contributed by atoms with Crippen molar-refractivity contribution in [3.05, 3.63) is 23.9 Å². The van der Waals surface area contributed by atoms with Gasteiger partial charge < -0.3 is 15.3 Å². The Morgan fingerprint density at radius 2 is 2.18 bits per heavy atom. The van der Waals surface area contributed by atoms with Crippen LogP contribution >= 0.6 is 0 Å². The molecule has 0 saturated carbocycles. The smallest absolute Gasteiger partial charge is 0.335 e. The van der Waals surface area contributed by atoms with Crippen LogP contribution in [0.25, 0.3) is 0 Å². The summed E-state index contributed by atoms with van der Waals surface area (Å²) in [5, 5.41) is 12.0. The largest absolute Gasteiger partial charge is 0.478 e. The Hall–Kier alpha value is -1.62. The first-order valence-corrected chi connectivity index (χ1v) is 5.43.